The Labute approximate surface area is 161 Å². The zero-order chi connectivity index (χ0) is 19.4. The fourth-order valence-corrected chi connectivity index (χ4v) is 4.66. The van der Waals surface area contributed by atoms with E-state index >= 15 is 0 Å². The number of carbonyl (C=O) groups is 2. The van der Waals surface area contributed by atoms with Gasteiger partial charge in [-0.15, -0.1) is 0 Å². The predicted octanol–water partition coefficient (Wildman–Crippen LogP) is 1.60. The molecule has 0 N–H and O–H groups in total. The molecule has 0 spiro atoms. The van der Waals surface area contributed by atoms with Crippen LogP contribution in [0.5, 0.6) is 5.75 Å². The van der Waals surface area contributed by atoms with E-state index in [-0.39, 0.29) is 35.9 Å². The van der Waals surface area contributed by atoms with Gasteiger partial charge in [0.1, 0.15) is 11.3 Å². The van der Waals surface area contributed by atoms with Crippen molar-refractivity contribution in [2.75, 3.05) is 26.3 Å². The Morgan fingerprint density at radius 2 is 2.04 bits per heavy atom. The molecule has 1 aromatic heterocycles. The van der Waals surface area contributed by atoms with Crippen LogP contribution in [0.1, 0.15) is 23.1 Å². The van der Waals surface area contributed by atoms with Crippen molar-refractivity contribution in [3.8, 4) is 5.75 Å². The van der Waals surface area contributed by atoms with Crippen molar-refractivity contribution < 1.29 is 23.5 Å². The Balaban J connectivity index is 1.34. The standard InChI is InChI=1S/C21H21NO6/c1-11-17(6-5-14-13-3-2-4-15(13)21(25)28-19(11)14)26-10-18(23)22-7-12-9-27-20(24)16(12)8-22/h5-6,12,16H,2-4,7-10H2,1H3/t12-,16-/m1/s1. The Morgan fingerprint density at radius 3 is 2.86 bits per heavy atom. The van der Waals surface area contributed by atoms with E-state index in [1.165, 1.54) is 0 Å². The van der Waals surface area contributed by atoms with Gasteiger partial charge in [0.05, 0.1) is 12.5 Å². The highest BCUT2D eigenvalue weighted by atomic mass is 16.5. The SMILES string of the molecule is Cc1c(OCC(=O)N2C[C@@H]3COC(=O)[C@@H]3C2)ccc2c3c(c(=O)oc12)CCC3. The number of carbonyl (C=O) groups excluding carboxylic acids is 2. The first-order chi connectivity index (χ1) is 13.5. The Hall–Kier alpha value is -2.83. The van der Waals surface area contributed by atoms with Crippen molar-refractivity contribution in [2.24, 2.45) is 11.8 Å². The summed E-state index contributed by atoms with van der Waals surface area (Å²) in [6.07, 6.45) is 2.62. The van der Waals surface area contributed by atoms with E-state index in [0.717, 1.165) is 41.3 Å². The van der Waals surface area contributed by atoms with Crippen molar-refractivity contribution in [1.82, 2.24) is 4.90 Å². The summed E-state index contributed by atoms with van der Waals surface area (Å²) in [5.74, 6) is 0.0463. The zero-order valence-corrected chi connectivity index (χ0v) is 15.7. The number of esters is 1. The molecule has 2 aromatic rings. The van der Waals surface area contributed by atoms with Gasteiger partial charge in [0.15, 0.2) is 6.61 Å². The maximum Gasteiger partial charge on any atom is 0.339 e. The minimum Gasteiger partial charge on any atom is -0.483 e. The van der Waals surface area contributed by atoms with Crippen LogP contribution < -0.4 is 10.4 Å². The van der Waals surface area contributed by atoms with Crippen LogP contribution in [0.3, 0.4) is 0 Å². The van der Waals surface area contributed by atoms with E-state index in [4.69, 9.17) is 13.9 Å². The maximum atomic E-state index is 12.5. The summed E-state index contributed by atoms with van der Waals surface area (Å²) in [5, 5.41) is 0.953. The molecule has 7 heteroatoms. The molecule has 2 atom stereocenters. The van der Waals surface area contributed by atoms with Gasteiger partial charge in [-0.2, -0.15) is 0 Å². The summed E-state index contributed by atoms with van der Waals surface area (Å²) in [4.78, 5) is 38.1. The monoisotopic (exact) mass is 383 g/mol. The summed E-state index contributed by atoms with van der Waals surface area (Å²) in [7, 11) is 0. The van der Waals surface area contributed by atoms with Crippen LogP contribution in [0.4, 0.5) is 0 Å². The quantitative estimate of drug-likeness (QED) is 0.591. The van der Waals surface area contributed by atoms with Crippen LogP contribution >= 0.6 is 0 Å². The van der Waals surface area contributed by atoms with E-state index in [1.54, 1.807) is 4.90 Å². The lowest BCUT2D eigenvalue weighted by Gasteiger charge is -2.18. The molecule has 0 radical (unpaired) electrons. The van der Waals surface area contributed by atoms with Crippen molar-refractivity contribution in [3.05, 3.63) is 39.2 Å². The lowest BCUT2D eigenvalue weighted by molar-refractivity contribution is -0.142. The Kier molecular flexibility index (Phi) is 3.92. The van der Waals surface area contributed by atoms with Gasteiger partial charge in [0.2, 0.25) is 0 Å². The number of cyclic esters (lactones) is 1. The van der Waals surface area contributed by atoms with Crippen LogP contribution in [-0.4, -0.2) is 43.1 Å². The molecule has 5 rings (SSSR count). The number of hydrogen-bond donors (Lipinski definition) is 0. The molecule has 2 aliphatic heterocycles. The smallest absolute Gasteiger partial charge is 0.339 e. The normalized spacial score (nSPS) is 23.0. The second-order valence-corrected chi connectivity index (χ2v) is 7.85. The maximum absolute atomic E-state index is 12.5. The zero-order valence-electron chi connectivity index (χ0n) is 15.7. The minimum atomic E-state index is -0.271. The molecule has 2 fully saturated rings. The summed E-state index contributed by atoms with van der Waals surface area (Å²) in [5.41, 5.74) is 2.85. The largest absolute Gasteiger partial charge is 0.483 e. The number of likely N-dealkylation sites (tertiary alicyclic amines) is 1. The number of fused-ring (bicyclic) bond motifs is 4. The molecule has 0 bridgehead atoms. The molecular formula is C21H21NO6. The average molecular weight is 383 g/mol. The van der Waals surface area contributed by atoms with Crippen LogP contribution in [0.15, 0.2) is 21.3 Å². The van der Waals surface area contributed by atoms with Gasteiger partial charge in [-0.05, 0) is 43.9 Å². The van der Waals surface area contributed by atoms with Crippen molar-refractivity contribution in [1.29, 1.82) is 0 Å². The number of ether oxygens (including phenoxy) is 2. The highest BCUT2D eigenvalue weighted by Crippen LogP contribution is 2.33. The van der Waals surface area contributed by atoms with Crippen LogP contribution in [0.25, 0.3) is 11.0 Å². The fraction of sp³-hybridized carbons (Fsp3) is 0.476. The van der Waals surface area contributed by atoms with E-state index in [0.29, 0.717) is 31.0 Å². The first-order valence-electron chi connectivity index (χ1n) is 9.68. The molecule has 3 aliphatic rings. The fourth-order valence-electron chi connectivity index (χ4n) is 4.66. The number of hydrogen-bond acceptors (Lipinski definition) is 6. The minimum absolute atomic E-state index is 0.0928. The molecule has 1 aromatic carbocycles. The van der Waals surface area contributed by atoms with Gasteiger partial charge < -0.3 is 18.8 Å². The summed E-state index contributed by atoms with van der Waals surface area (Å²) in [6.45, 7) is 3.03. The lowest BCUT2D eigenvalue weighted by Crippen LogP contribution is -2.34. The molecule has 146 valence electrons. The van der Waals surface area contributed by atoms with Gasteiger partial charge in [-0.3, -0.25) is 9.59 Å². The van der Waals surface area contributed by atoms with Gasteiger partial charge in [0, 0.05) is 35.5 Å². The highest BCUT2D eigenvalue weighted by Gasteiger charge is 2.45. The van der Waals surface area contributed by atoms with E-state index in [9.17, 15) is 14.4 Å². The second kappa shape index (κ2) is 6.36. The second-order valence-electron chi connectivity index (χ2n) is 7.85. The van der Waals surface area contributed by atoms with Crippen LogP contribution in [0.2, 0.25) is 0 Å². The summed E-state index contributed by atoms with van der Waals surface area (Å²) < 4.78 is 16.4. The third-order valence-electron chi connectivity index (χ3n) is 6.23. The molecule has 3 heterocycles. The highest BCUT2D eigenvalue weighted by molar-refractivity contribution is 5.86. The molecular weight excluding hydrogens is 362 g/mol. The first kappa shape index (κ1) is 17.3. The molecule has 1 aliphatic carbocycles. The predicted molar refractivity (Wildman–Crippen MR) is 99.3 cm³/mol. The van der Waals surface area contributed by atoms with Gasteiger partial charge >= 0.3 is 11.6 Å². The third-order valence-corrected chi connectivity index (χ3v) is 6.23. The molecule has 0 saturated carbocycles. The molecule has 7 nitrogen and oxygen atoms in total. The number of rotatable bonds is 3. The van der Waals surface area contributed by atoms with Crippen molar-refractivity contribution in [2.45, 2.75) is 26.2 Å². The lowest BCUT2D eigenvalue weighted by atomic mass is 10.0. The summed E-state index contributed by atoms with van der Waals surface area (Å²) in [6, 6.07) is 3.74. The van der Waals surface area contributed by atoms with Gasteiger partial charge in [-0.25, -0.2) is 4.79 Å². The summed E-state index contributed by atoms with van der Waals surface area (Å²) >= 11 is 0. The first-order valence-corrected chi connectivity index (χ1v) is 9.68. The van der Waals surface area contributed by atoms with Gasteiger partial charge in [-0.1, -0.05) is 0 Å². The van der Waals surface area contributed by atoms with E-state index in [1.807, 2.05) is 19.1 Å². The Bertz CT molecular complexity index is 1060. The number of nitrogens with zero attached hydrogens (tertiary/aromatic N) is 1. The van der Waals surface area contributed by atoms with Gasteiger partial charge in [0.25, 0.3) is 5.91 Å². The van der Waals surface area contributed by atoms with E-state index < -0.39 is 0 Å². The number of amides is 1. The van der Waals surface area contributed by atoms with E-state index in [2.05, 4.69) is 0 Å². The topological polar surface area (TPSA) is 86.0 Å². The number of aryl methyl sites for hydroxylation is 2. The molecule has 0 unspecified atom stereocenters. The van der Waals surface area contributed by atoms with Crippen LogP contribution in [0, 0.1) is 18.8 Å². The Morgan fingerprint density at radius 1 is 1.21 bits per heavy atom. The molecule has 1 amide bonds. The average Bonchev–Trinajstić information content (AvgIpc) is 3.39. The van der Waals surface area contributed by atoms with Crippen LogP contribution in [-0.2, 0) is 27.2 Å². The molecule has 2 saturated heterocycles. The third kappa shape index (κ3) is 2.60. The van der Waals surface area contributed by atoms with Crippen molar-refractivity contribution in [3.63, 3.8) is 0 Å². The number of benzene rings is 1. The van der Waals surface area contributed by atoms with Crippen molar-refractivity contribution >= 4 is 22.8 Å². The molecule has 28 heavy (non-hydrogen) atoms.